The lowest BCUT2D eigenvalue weighted by molar-refractivity contribution is -0.141. The summed E-state index contributed by atoms with van der Waals surface area (Å²) in [7, 11) is 0. The SMILES string of the molecule is CCOC(=O)CNC(=O)c1nc(Cc2ccc(-c3ccc(F)cc3)cc2)nc(C)c1OCc1ccccc1. The van der Waals surface area contributed by atoms with Gasteiger partial charge in [-0.05, 0) is 48.2 Å². The number of carbonyl (C=O) groups excluding carboxylic acids is 2. The molecule has 0 fully saturated rings. The second kappa shape index (κ2) is 12.6. The van der Waals surface area contributed by atoms with Gasteiger partial charge in [-0.3, -0.25) is 9.59 Å². The highest BCUT2D eigenvalue weighted by Gasteiger charge is 2.21. The molecule has 7 nitrogen and oxygen atoms in total. The number of aryl methyl sites for hydroxylation is 1. The minimum atomic E-state index is -0.556. The first-order chi connectivity index (χ1) is 18.4. The van der Waals surface area contributed by atoms with E-state index in [2.05, 4.69) is 15.3 Å². The number of benzene rings is 3. The number of hydrogen-bond acceptors (Lipinski definition) is 6. The van der Waals surface area contributed by atoms with Gasteiger partial charge in [0.1, 0.15) is 24.8 Å². The van der Waals surface area contributed by atoms with E-state index in [0.717, 1.165) is 22.3 Å². The molecule has 1 aromatic heterocycles. The summed E-state index contributed by atoms with van der Waals surface area (Å²) < 4.78 is 24.1. The molecule has 0 aliphatic carbocycles. The minimum absolute atomic E-state index is 0.0515. The Morgan fingerprint density at radius 1 is 0.868 bits per heavy atom. The molecule has 194 valence electrons. The Morgan fingerprint density at radius 3 is 2.18 bits per heavy atom. The van der Waals surface area contributed by atoms with Gasteiger partial charge < -0.3 is 14.8 Å². The van der Waals surface area contributed by atoms with Gasteiger partial charge in [-0.1, -0.05) is 66.7 Å². The molecule has 3 aromatic carbocycles. The number of aromatic nitrogens is 2. The fourth-order valence-electron chi connectivity index (χ4n) is 3.84. The number of nitrogens with zero attached hydrogens (tertiary/aromatic N) is 2. The third-order valence-corrected chi connectivity index (χ3v) is 5.71. The number of nitrogens with one attached hydrogen (secondary N) is 1. The first-order valence-electron chi connectivity index (χ1n) is 12.3. The van der Waals surface area contributed by atoms with Crippen LogP contribution in [0, 0.1) is 12.7 Å². The molecule has 0 spiro atoms. The van der Waals surface area contributed by atoms with E-state index in [1.807, 2.05) is 54.6 Å². The molecule has 4 aromatic rings. The highest BCUT2D eigenvalue weighted by Crippen LogP contribution is 2.24. The monoisotopic (exact) mass is 513 g/mol. The zero-order chi connectivity index (χ0) is 26.9. The number of amides is 1. The summed E-state index contributed by atoms with van der Waals surface area (Å²) in [5, 5.41) is 2.56. The number of carbonyl (C=O) groups is 2. The van der Waals surface area contributed by atoms with Crippen molar-refractivity contribution in [1.82, 2.24) is 15.3 Å². The van der Waals surface area contributed by atoms with Crippen LogP contribution in [-0.4, -0.2) is 35.0 Å². The first kappa shape index (κ1) is 26.5. The molecule has 0 radical (unpaired) electrons. The van der Waals surface area contributed by atoms with Gasteiger partial charge in [-0.25, -0.2) is 14.4 Å². The highest BCUT2D eigenvalue weighted by atomic mass is 19.1. The standard InChI is InChI=1S/C30H28FN3O4/c1-3-37-27(35)18-32-30(36)28-29(38-19-22-7-5-4-6-8-22)20(2)33-26(34-28)17-21-9-11-23(12-10-21)24-13-15-25(31)16-14-24/h4-16H,3,17-19H2,1-2H3,(H,32,36). The summed E-state index contributed by atoms with van der Waals surface area (Å²) in [5.41, 5.74) is 4.28. The third-order valence-electron chi connectivity index (χ3n) is 5.71. The molecule has 0 unspecified atom stereocenters. The maximum Gasteiger partial charge on any atom is 0.325 e. The summed E-state index contributed by atoms with van der Waals surface area (Å²) in [6, 6.07) is 23.6. The second-order valence-corrected chi connectivity index (χ2v) is 8.55. The fourth-order valence-corrected chi connectivity index (χ4v) is 3.84. The maximum absolute atomic E-state index is 13.2. The van der Waals surface area contributed by atoms with Crippen LogP contribution in [0.25, 0.3) is 11.1 Å². The van der Waals surface area contributed by atoms with Crippen LogP contribution in [-0.2, 0) is 22.6 Å². The molecule has 0 saturated carbocycles. The average molecular weight is 514 g/mol. The van der Waals surface area contributed by atoms with Crippen LogP contribution >= 0.6 is 0 Å². The normalized spacial score (nSPS) is 10.6. The molecule has 0 aliphatic rings. The van der Waals surface area contributed by atoms with Crippen LogP contribution in [0.2, 0.25) is 0 Å². The molecule has 0 aliphatic heterocycles. The van der Waals surface area contributed by atoms with Crippen LogP contribution in [0.15, 0.2) is 78.9 Å². The maximum atomic E-state index is 13.2. The fraction of sp³-hybridized carbons (Fsp3) is 0.200. The molecule has 8 heteroatoms. The predicted molar refractivity (Wildman–Crippen MR) is 141 cm³/mol. The summed E-state index contributed by atoms with van der Waals surface area (Å²) in [5.74, 6) is -0.688. The molecule has 0 bridgehead atoms. The smallest absolute Gasteiger partial charge is 0.325 e. The van der Waals surface area contributed by atoms with Gasteiger partial charge in [0.15, 0.2) is 11.4 Å². The Bertz CT molecular complexity index is 1390. The summed E-state index contributed by atoms with van der Waals surface area (Å²) >= 11 is 0. The van der Waals surface area contributed by atoms with Crippen LogP contribution in [0.1, 0.15) is 40.1 Å². The van der Waals surface area contributed by atoms with E-state index in [9.17, 15) is 14.0 Å². The van der Waals surface area contributed by atoms with Crippen LogP contribution in [0.5, 0.6) is 5.75 Å². The largest absolute Gasteiger partial charge is 0.485 e. The lowest BCUT2D eigenvalue weighted by Crippen LogP contribution is -2.32. The third kappa shape index (κ3) is 7.00. The minimum Gasteiger partial charge on any atom is -0.485 e. The van der Waals surface area contributed by atoms with E-state index >= 15 is 0 Å². The molecule has 38 heavy (non-hydrogen) atoms. The van der Waals surface area contributed by atoms with Crippen LogP contribution < -0.4 is 10.1 Å². The number of halogens is 1. The van der Waals surface area contributed by atoms with E-state index in [0.29, 0.717) is 17.9 Å². The molecular formula is C30H28FN3O4. The van der Waals surface area contributed by atoms with E-state index in [1.165, 1.54) is 12.1 Å². The Kier molecular flexibility index (Phi) is 8.77. The van der Waals surface area contributed by atoms with Crippen molar-refractivity contribution in [2.45, 2.75) is 26.9 Å². The van der Waals surface area contributed by atoms with Crippen molar-refractivity contribution in [3.63, 3.8) is 0 Å². The van der Waals surface area contributed by atoms with Gasteiger partial charge >= 0.3 is 5.97 Å². The predicted octanol–water partition coefficient (Wildman–Crippen LogP) is 5.05. The Morgan fingerprint density at radius 2 is 1.53 bits per heavy atom. The van der Waals surface area contributed by atoms with Gasteiger partial charge in [-0.15, -0.1) is 0 Å². The van der Waals surface area contributed by atoms with Gasteiger partial charge in [0.25, 0.3) is 5.91 Å². The number of hydrogen-bond donors (Lipinski definition) is 1. The highest BCUT2D eigenvalue weighted by molar-refractivity contribution is 5.96. The Labute approximate surface area is 220 Å². The van der Waals surface area contributed by atoms with Crippen LogP contribution in [0.3, 0.4) is 0 Å². The van der Waals surface area contributed by atoms with Crippen molar-refractivity contribution < 1.29 is 23.5 Å². The zero-order valence-electron chi connectivity index (χ0n) is 21.2. The number of rotatable bonds is 10. The van der Waals surface area contributed by atoms with Gasteiger partial charge in [0.2, 0.25) is 0 Å². The lowest BCUT2D eigenvalue weighted by atomic mass is 10.0. The van der Waals surface area contributed by atoms with E-state index in [4.69, 9.17) is 9.47 Å². The van der Waals surface area contributed by atoms with Crippen LogP contribution in [0.4, 0.5) is 4.39 Å². The number of esters is 1. The topological polar surface area (TPSA) is 90.4 Å². The molecule has 1 N–H and O–H groups in total. The summed E-state index contributed by atoms with van der Waals surface area (Å²) in [4.78, 5) is 33.9. The molecular weight excluding hydrogens is 485 g/mol. The average Bonchev–Trinajstić information content (AvgIpc) is 2.92. The molecule has 0 atom stereocenters. The van der Waals surface area contributed by atoms with Gasteiger partial charge in [-0.2, -0.15) is 0 Å². The van der Waals surface area contributed by atoms with Crippen molar-refractivity contribution in [2.75, 3.05) is 13.2 Å². The Hall–Kier alpha value is -4.59. The van der Waals surface area contributed by atoms with E-state index in [-0.39, 0.29) is 37.0 Å². The van der Waals surface area contributed by atoms with Gasteiger partial charge in [0, 0.05) is 6.42 Å². The first-order valence-corrected chi connectivity index (χ1v) is 12.3. The molecule has 1 amide bonds. The van der Waals surface area contributed by atoms with Crippen molar-refractivity contribution in [3.05, 3.63) is 113 Å². The lowest BCUT2D eigenvalue weighted by Gasteiger charge is -2.15. The summed E-state index contributed by atoms with van der Waals surface area (Å²) in [6.45, 7) is 3.62. The van der Waals surface area contributed by atoms with E-state index < -0.39 is 11.9 Å². The van der Waals surface area contributed by atoms with E-state index in [1.54, 1.807) is 26.0 Å². The summed E-state index contributed by atoms with van der Waals surface area (Å²) in [6.07, 6.45) is 0.377. The molecule has 4 rings (SSSR count). The Balaban J connectivity index is 1.56. The zero-order valence-corrected chi connectivity index (χ0v) is 21.2. The second-order valence-electron chi connectivity index (χ2n) is 8.55. The van der Waals surface area contributed by atoms with Gasteiger partial charge in [0.05, 0.1) is 12.3 Å². The van der Waals surface area contributed by atoms with Crippen molar-refractivity contribution >= 4 is 11.9 Å². The van der Waals surface area contributed by atoms with Crippen molar-refractivity contribution in [1.29, 1.82) is 0 Å². The molecule has 0 saturated heterocycles. The van der Waals surface area contributed by atoms with Crippen molar-refractivity contribution in [3.8, 4) is 16.9 Å². The number of ether oxygens (including phenoxy) is 2. The molecule has 1 heterocycles. The quantitative estimate of drug-likeness (QED) is 0.298. The van der Waals surface area contributed by atoms with Crippen molar-refractivity contribution in [2.24, 2.45) is 0 Å².